The van der Waals surface area contributed by atoms with Gasteiger partial charge in [0, 0.05) is 30.7 Å². The van der Waals surface area contributed by atoms with Gasteiger partial charge in [-0.05, 0) is 45.3 Å². The fourth-order valence-corrected chi connectivity index (χ4v) is 2.09. The van der Waals surface area contributed by atoms with Crippen LogP contribution in [0, 0.1) is 0 Å². The second kappa shape index (κ2) is 10.2. The van der Waals surface area contributed by atoms with Crippen LogP contribution >= 0.6 is 11.6 Å². The van der Waals surface area contributed by atoms with Crippen LogP contribution in [-0.2, 0) is 6.54 Å². The summed E-state index contributed by atoms with van der Waals surface area (Å²) in [5.41, 5.74) is 0.536. The van der Waals surface area contributed by atoms with Gasteiger partial charge in [0.1, 0.15) is 5.75 Å². The molecule has 0 bridgehead atoms. The van der Waals surface area contributed by atoms with Gasteiger partial charge >= 0.3 is 6.61 Å². The molecule has 0 unspecified atom stereocenters. The van der Waals surface area contributed by atoms with Crippen molar-refractivity contribution < 1.29 is 13.5 Å². The maximum atomic E-state index is 12.4. The summed E-state index contributed by atoms with van der Waals surface area (Å²) >= 11 is 5.91. The third kappa shape index (κ3) is 7.99. The van der Waals surface area contributed by atoms with Crippen molar-refractivity contribution in [3.8, 4) is 5.75 Å². The number of alkyl halides is 2. The van der Waals surface area contributed by atoms with Crippen molar-refractivity contribution >= 4 is 17.6 Å². The van der Waals surface area contributed by atoms with Crippen molar-refractivity contribution in [2.45, 2.75) is 19.6 Å². The summed E-state index contributed by atoms with van der Waals surface area (Å²) in [6.45, 7) is -0.882. The van der Waals surface area contributed by atoms with Crippen molar-refractivity contribution in [2.24, 2.45) is 4.99 Å². The Labute approximate surface area is 140 Å². The molecule has 1 aromatic rings. The van der Waals surface area contributed by atoms with E-state index in [0.29, 0.717) is 16.5 Å². The predicted octanol–water partition coefficient (Wildman–Crippen LogP) is 2.56. The quantitative estimate of drug-likeness (QED) is 0.430. The van der Waals surface area contributed by atoms with Gasteiger partial charge in [-0.3, -0.25) is 4.99 Å². The number of hydrogen-bond donors (Lipinski definition) is 2. The number of nitrogens with one attached hydrogen (secondary N) is 2. The minimum absolute atomic E-state index is 0.0972. The van der Waals surface area contributed by atoms with E-state index < -0.39 is 6.61 Å². The molecule has 2 N–H and O–H groups in total. The van der Waals surface area contributed by atoms with Gasteiger partial charge in [0.2, 0.25) is 0 Å². The lowest BCUT2D eigenvalue weighted by atomic mass is 10.2. The SMILES string of the molecule is CN=C(NCCCN(C)C)NCc1cc(Cl)ccc1OC(F)F. The fourth-order valence-electron chi connectivity index (χ4n) is 1.90. The maximum absolute atomic E-state index is 12.4. The Morgan fingerprint density at radius 1 is 1.35 bits per heavy atom. The molecule has 0 atom stereocenters. The molecule has 130 valence electrons. The van der Waals surface area contributed by atoms with Crippen molar-refractivity contribution in [3.05, 3.63) is 28.8 Å². The second-order valence-electron chi connectivity index (χ2n) is 5.14. The van der Waals surface area contributed by atoms with Gasteiger partial charge in [-0.1, -0.05) is 11.6 Å². The molecule has 0 aliphatic rings. The van der Waals surface area contributed by atoms with E-state index in [1.165, 1.54) is 12.1 Å². The van der Waals surface area contributed by atoms with Gasteiger partial charge in [-0.25, -0.2) is 0 Å². The minimum atomic E-state index is -2.88. The highest BCUT2D eigenvalue weighted by molar-refractivity contribution is 6.30. The first-order valence-corrected chi connectivity index (χ1v) is 7.62. The Bertz CT molecular complexity index is 512. The van der Waals surface area contributed by atoms with Crippen molar-refractivity contribution in [2.75, 3.05) is 34.2 Å². The Hall–Kier alpha value is -1.60. The van der Waals surface area contributed by atoms with Crippen molar-refractivity contribution in [3.63, 3.8) is 0 Å². The summed E-state index contributed by atoms with van der Waals surface area (Å²) in [6, 6.07) is 4.53. The Morgan fingerprint density at radius 3 is 2.70 bits per heavy atom. The highest BCUT2D eigenvalue weighted by Gasteiger charge is 2.10. The minimum Gasteiger partial charge on any atom is -0.434 e. The normalized spacial score (nSPS) is 11.9. The van der Waals surface area contributed by atoms with Crippen LogP contribution in [0.2, 0.25) is 5.02 Å². The fraction of sp³-hybridized carbons (Fsp3) is 0.533. The number of guanidine groups is 1. The monoisotopic (exact) mass is 348 g/mol. The Kier molecular flexibility index (Phi) is 8.65. The predicted molar refractivity (Wildman–Crippen MR) is 89.5 cm³/mol. The first kappa shape index (κ1) is 19.4. The number of benzene rings is 1. The van der Waals surface area contributed by atoms with Crippen LogP contribution in [-0.4, -0.2) is 51.7 Å². The number of rotatable bonds is 8. The van der Waals surface area contributed by atoms with E-state index in [2.05, 4.69) is 25.3 Å². The van der Waals surface area contributed by atoms with E-state index in [1.54, 1.807) is 13.1 Å². The molecule has 0 aliphatic carbocycles. The van der Waals surface area contributed by atoms with Crippen LogP contribution in [0.3, 0.4) is 0 Å². The van der Waals surface area contributed by atoms with E-state index in [9.17, 15) is 8.78 Å². The van der Waals surface area contributed by atoms with Gasteiger partial charge in [0.15, 0.2) is 5.96 Å². The van der Waals surface area contributed by atoms with Crippen LogP contribution in [0.15, 0.2) is 23.2 Å². The summed E-state index contributed by atoms with van der Waals surface area (Å²) in [5.74, 6) is 0.687. The van der Waals surface area contributed by atoms with Crippen LogP contribution in [0.25, 0.3) is 0 Å². The number of ether oxygens (including phenoxy) is 1. The van der Waals surface area contributed by atoms with Gasteiger partial charge in [-0.15, -0.1) is 0 Å². The smallest absolute Gasteiger partial charge is 0.387 e. The molecule has 0 fully saturated rings. The van der Waals surface area contributed by atoms with Crippen LogP contribution in [0.1, 0.15) is 12.0 Å². The molecule has 0 aromatic heterocycles. The lowest BCUT2D eigenvalue weighted by molar-refractivity contribution is -0.0504. The zero-order chi connectivity index (χ0) is 17.2. The molecule has 5 nitrogen and oxygen atoms in total. The summed E-state index contributed by atoms with van der Waals surface area (Å²) < 4.78 is 29.3. The largest absolute Gasteiger partial charge is 0.434 e. The summed E-state index contributed by atoms with van der Waals surface area (Å²) in [7, 11) is 5.67. The van der Waals surface area contributed by atoms with Gasteiger partial charge in [0.25, 0.3) is 0 Å². The number of aliphatic imine (C=N–C) groups is 1. The summed E-state index contributed by atoms with van der Waals surface area (Å²) in [5, 5.41) is 6.67. The Morgan fingerprint density at radius 2 is 2.09 bits per heavy atom. The zero-order valence-electron chi connectivity index (χ0n) is 13.6. The Balaban J connectivity index is 2.56. The van der Waals surface area contributed by atoms with E-state index in [1.807, 2.05) is 14.1 Å². The first-order valence-electron chi connectivity index (χ1n) is 7.25. The molecule has 0 radical (unpaired) electrons. The van der Waals surface area contributed by atoms with Gasteiger partial charge in [0.05, 0.1) is 0 Å². The molecular formula is C15H23ClF2N4O. The molecule has 0 amide bonds. The highest BCUT2D eigenvalue weighted by atomic mass is 35.5. The lowest BCUT2D eigenvalue weighted by Crippen LogP contribution is -2.38. The van der Waals surface area contributed by atoms with Crippen LogP contribution < -0.4 is 15.4 Å². The van der Waals surface area contributed by atoms with E-state index in [-0.39, 0.29) is 12.3 Å². The van der Waals surface area contributed by atoms with Gasteiger partial charge < -0.3 is 20.3 Å². The van der Waals surface area contributed by atoms with Crippen LogP contribution in [0.4, 0.5) is 8.78 Å². The molecule has 0 aliphatic heterocycles. The molecule has 0 heterocycles. The van der Waals surface area contributed by atoms with E-state index >= 15 is 0 Å². The van der Waals surface area contributed by atoms with Gasteiger partial charge in [-0.2, -0.15) is 8.78 Å². The highest BCUT2D eigenvalue weighted by Crippen LogP contribution is 2.24. The molecule has 0 saturated heterocycles. The topological polar surface area (TPSA) is 48.9 Å². The second-order valence-corrected chi connectivity index (χ2v) is 5.58. The zero-order valence-corrected chi connectivity index (χ0v) is 14.3. The third-order valence-corrected chi connectivity index (χ3v) is 3.22. The summed E-state index contributed by atoms with van der Waals surface area (Å²) in [4.78, 5) is 6.19. The van der Waals surface area contributed by atoms with Crippen molar-refractivity contribution in [1.29, 1.82) is 0 Å². The number of nitrogens with zero attached hydrogens (tertiary/aromatic N) is 2. The van der Waals surface area contributed by atoms with E-state index in [4.69, 9.17) is 11.6 Å². The lowest BCUT2D eigenvalue weighted by Gasteiger charge is -2.15. The first-order chi connectivity index (χ1) is 10.9. The molecule has 1 rings (SSSR count). The molecule has 0 saturated carbocycles. The average molecular weight is 349 g/mol. The molecular weight excluding hydrogens is 326 g/mol. The number of hydrogen-bond acceptors (Lipinski definition) is 3. The van der Waals surface area contributed by atoms with Crippen molar-refractivity contribution in [1.82, 2.24) is 15.5 Å². The third-order valence-electron chi connectivity index (χ3n) is 2.98. The average Bonchev–Trinajstić information content (AvgIpc) is 2.48. The van der Waals surface area contributed by atoms with Crippen LogP contribution in [0.5, 0.6) is 5.75 Å². The molecule has 0 spiro atoms. The number of halogens is 3. The molecule has 1 aromatic carbocycles. The van der Waals surface area contributed by atoms with E-state index in [0.717, 1.165) is 19.5 Å². The summed E-state index contributed by atoms with van der Waals surface area (Å²) in [6.07, 6.45) is 0.963. The molecule has 23 heavy (non-hydrogen) atoms. The molecule has 8 heteroatoms. The standard InChI is InChI=1S/C15H23ClF2N4O/c1-19-15(20-7-4-8-22(2)3)21-10-11-9-12(16)5-6-13(11)23-14(17)18/h5-6,9,14H,4,7-8,10H2,1-3H3,(H2,19,20,21). The maximum Gasteiger partial charge on any atom is 0.387 e.